The number of nitrogens with two attached hydrogens (primary N) is 1. The van der Waals surface area contributed by atoms with Crippen LogP contribution in [0.5, 0.6) is 0 Å². The zero-order valence-corrected chi connectivity index (χ0v) is 15.5. The van der Waals surface area contributed by atoms with E-state index in [9.17, 15) is 22.0 Å². The summed E-state index contributed by atoms with van der Waals surface area (Å²) in [6, 6.07) is 2.49. The second kappa shape index (κ2) is 8.22. The van der Waals surface area contributed by atoms with E-state index in [1.54, 1.807) is 0 Å². The minimum Gasteiger partial charge on any atom is -0.452 e. The Morgan fingerprint density at radius 3 is 2.75 bits per heavy atom. The highest BCUT2D eigenvalue weighted by Crippen LogP contribution is 2.41. The van der Waals surface area contributed by atoms with E-state index < -0.39 is 48.3 Å². The molecule has 0 aromatic heterocycles. The average Bonchev–Trinajstić information content (AvgIpc) is 2.59. The van der Waals surface area contributed by atoms with Crippen LogP contribution in [0.1, 0.15) is 24.5 Å². The van der Waals surface area contributed by atoms with Crippen molar-refractivity contribution in [3.8, 4) is 11.8 Å². The molecule has 1 aromatic rings. The highest BCUT2D eigenvalue weighted by Gasteiger charge is 2.52. The number of ether oxygens (including phenoxy) is 1. The van der Waals surface area contributed by atoms with Crippen LogP contribution in [-0.2, 0) is 10.3 Å². The van der Waals surface area contributed by atoms with E-state index in [1.165, 1.54) is 19.1 Å². The molecular weight excluding hydrogens is 401 g/mol. The van der Waals surface area contributed by atoms with Gasteiger partial charge in [-0.05, 0) is 31.2 Å². The largest absolute Gasteiger partial charge is 0.452 e. The molecule has 1 aliphatic heterocycles. The summed E-state index contributed by atoms with van der Waals surface area (Å²) in [6.07, 6.45) is -6.84. The molecule has 0 saturated heterocycles. The van der Waals surface area contributed by atoms with Gasteiger partial charge in [0, 0.05) is 23.3 Å². The van der Waals surface area contributed by atoms with E-state index in [0.717, 1.165) is 12.1 Å². The molecule has 1 aromatic carbocycles. The lowest BCUT2D eigenvalue weighted by Crippen LogP contribution is -2.48. The maximum absolute atomic E-state index is 14.4. The number of allylic oxidation sites excluding steroid dienone is 2. The number of thiol groups is 1. The maximum Gasteiger partial charge on any atom is 0.425 e. The van der Waals surface area contributed by atoms with E-state index in [-0.39, 0.29) is 16.2 Å². The first-order valence-corrected chi connectivity index (χ1v) is 8.34. The topological polar surface area (TPSA) is 71.5 Å². The van der Waals surface area contributed by atoms with Gasteiger partial charge in [-0.3, -0.25) is 0 Å². The third-order valence-corrected chi connectivity index (χ3v) is 4.09. The second-order valence-electron chi connectivity index (χ2n) is 6.12. The van der Waals surface area contributed by atoms with E-state index in [4.69, 9.17) is 11.1 Å². The lowest BCUT2D eigenvalue weighted by atomic mass is 9.84. The molecule has 2 rings (SSSR count). The number of nitrogens with one attached hydrogen (secondary N) is 1. The fraction of sp³-hybridized carbons (Fsp3) is 0.333. The molecule has 2 atom stereocenters. The van der Waals surface area contributed by atoms with Crippen LogP contribution in [0.4, 0.5) is 22.0 Å². The Balaban J connectivity index is 2.52. The van der Waals surface area contributed by atoms with E-state index in [0.29, 0.717) is 0 Å². The Morgan fingerprint density at radius 2 is 2.18 bits per heavy atom. The van der Waals surface area contributed by atoms with Crippen molar-refractivity contribution in [2.24, 2.45) is 10.7 Å². The summed E-state index contributed by atoms with van der Waals surface area (Å²) in [5.41, 5.74) is 3.14. The van der Waals surface area contributed by atoms with Crippen LogP contribution in [0.3, 0.4) is 0 Å². The van der Waals surface area contributed by atoms with Gasteiger partial charge < -0.3 is 15.9 Å². The number of benzene rings is 1. The Hall–Kier alpha value is -2.54. The minimum absolute atomic E-state index is 0.204. The van der Waals surface area contributed by atoms with Gasteiger partial charge >= 0.3 is 6.18 Å². The Bertz CT molecular complexity index is 901. The van der Waals surface area contributed by atoms with Gasteiger partial charge in [0.1, 0.15) is 18.0 Å². The quantitative estimate of drug-likeness (QED) is 0.303. The van der Waals surface area contributed by atoms with Crippen molar-refractivity contribution in [3.63, 3.8) is 0 Å². The van der Waals surface area contributed by atoms with Gasteiger partial charge in [0.15, 0.2) is 6.10 Å². The number of rotatable bonds is 3. The fourth-order valence-corrected chi connectivity index (χ4v) is 2.87. The first kappa shape index (κ1) is 21.8. The smallest absolute Gasteiger partial charge is 0.425 e. The molecule has 0 aliphatic carbocycles. The molecule has 28 heavy (non-hydrogen) atoms. The van der Waals surface area contributed by atoms with Gasteiger partial charge in [0.2, 0.25) is 0 Å². The first-order chi connectivity index (χ1) is 13.0. The van der Waals surface area contributed by atoms with Crippen molar-refractivity contribution in [1.29, 1.82) is 5.41 Å². The standard InChI is InChI=1S/C18H16F5N3OS/c1-10(24)6-12(28)4-2-11-3-5-14(20)13(7-11)17(9-19)8-15(18(21,22)23)27-16(25)26-17/h3,5-7,15,24,28H,8-9H2,1H3,(H2,25,26)/b12-6-,24-10?/t15-,17+/m0/s1. The molecule has 0 spiro atoms. The molecule has 10 heteroatoms. The molecular formula is C18H16F5N3OS. The van der Waals surface area contributed by atoms with Gasteiger partial charge in [0.25, 0.3) is 6.02 Å². The van der Waals surface area contributed by atoms with Crippen molar-refractivity contribution in [1.82, 2.24) is 0 Å². The van der Waals surface area contributed by atoms with Crippen LogP contribution in [0.2, 0.25) is 0 Å². The predicted octanol–water partition coefficient (Wildman–Crippen LogP) is 3.86. The molecule has 4 nitrogen and oxygen atoms in total. The highest BCUT2D eigenvalue weighted by atomic mass is 32.1. The summed E-state index contributed by atoms with van der Waals surface area (Å²) in [7, 11) is 0. The highest BCUT2D eigenvalue weighted by molar-refractivity contribution is 7.84. The summed E-state index contributed by atoms with van der Waals surface area (Å²) in [5, 5.41) is 7.33. The average molecular weight is 417 g/mol. The van der Waals surface area contributed by atoms with Crippen LogP contribution in [0, 0.1) is 23.1 Å². The zero-order chi connectivity index (χ0) is 21.1. The molecule has 3 N–H and O–H groups in total. The van der Waals surface area contributed by atoms with Gasteiger partial charge in [-0.2, -0.15) is 13.2 Å². The summed E-state index contributed by atoms with van der Waals surface area (Å²) < 4.78 is 72.1. The minimum atomic E-state index is -4.83. The number of amidine groups is 1. The van der Waals surface area contributed by atoms with Crippen molar-refractivity contribution < 1.29 is 26.7 Å². The van der Waals surface area contributed by atoms with Crippen LogP contribution >= 0.6 is 12.6 Å². The molecule has 0 amide bonds. The number of hydrogen-bond acceptors (Lipinski definition) is 5. The first-order valence-electron chi connectivity index (χ1n) is 7.89. The number of alkyl halides is 4. The summed E-state index contributed by atoms with van der Waals surface area (Å²) >= 11 is 4.07. The summed E-state index contributed by atoms with van der Waals surface area (Å²) in [5.74, 6) is 4.30. The lowest BCUT2D eigenvalue weighted by Gasteiger charge is -2.36. The molecule has 0 unspecified atom stereocenters. The van der Waals surface area contributed by atoms with Crippen LogP contribution in [0.25, 0.3) is 0 Å². The van der Waals surface area contributed by atoms with E-state index in [1.807, 2.05) is 0 Å². The maximum atomic E-state index is 14.4. The summed E-state index contributed by atoms with van der Waals surface area (Å²) in [4.78, 5) is 3.91. The Morgan fingerprint density at radius 1 is 1.50 bits per heavy atom. The fourth-order valence-electron chi connectivity index (χ4n) is 2.62. The van der Waals surface area contributed by atoms with Gasteiger partial charge in [-0.15, -0.1) is 12.6 Å². The van der Waals surface area contributed by atoms with Crippen LogP contribution in [-0.4, -0.2) is 30.7 Å². The van der Waals surface area contributed by atoms with Gasteiger partial charge in [-0.25, -0.2) is 13.8 Å². The number of nitrogens with zero attached hydrogens (tertiary/aromatic N) is 1. The molecule has 0 radical (unpaired) electrons. The molecule has 1 heterocycles. The molecule has 0 bridgehead atoms. The predicted molar refractivity (Wildman–Crippen MR) is 98.6 cm³/mol. The molecule has 150 valence electrons. The number of halogens is 5. The molecule has 0 fully saturated rings. The lowest BCUT2D eigenvalue weighted by molar-refractivity contribution is -0.209. The monoisotopic (exact) mass is 417 g/mol. The van der Waals surface area contributed by atoms with E-state index >= 15 is 0 Å². The molecule has 1 aliphatic rings. The number of aliphatic imine (C=N–C) groups is 1. The third-order valence-electron chi connectivity index (χ3n) is 3.85. The van der Waals surface area contributed by atoms with Crippen molar-refractivity contribution in [2.45, 2.75) is 31.2 Å². The Kier molecular flexibility index (Phi) is 6.39. The SMILES string of the molecule is CC(=N)/C=C(\S)C#Cc1ccc(F)c([C@]2(CF)C[C@@H](C(F)(F)F)OC(N)=N2)c1. The van der Waals surface area contributed by atoms with Crippen LogP contribution in [0.15, 0.2) is 34.2 Å². The van der Waals surface area contributed by atoms with Crippen molar-refractivity contribution >= 4 is 24.4 Å². The molecule has 0 saturated carbocycles. The van der Waals surface area contributed by atoms with E-state index in [2.05, 4.69) is 34.2 Å². The number of hydrogen-bond donors (Lipinski definition) is 3. The zero-order valence-electron chi connectivity index (χ0n) is 14.6. The third kappa shape index (κ3) is 5.04. The Labute approximate surface area is 163 Å². The van der Waals surface area contributed by atoms with Gasteiger partial charge in [0.05, 0.1) is 4.91 Å². The summed E-state index contributed by atoms with van der Waals surface area (Å²) in [6.45, 7) is 0.103. The normalized spacial score (nSPS) is 22.6. The van der Waals surface area contributed by atoms with Gasteiger partial charge in [-0.1, -0.05) is 11.8 Å². The van der Waals surface area contributed by atoms with Crippen molar-refractivity contribution in [3.05, 3.63) is 46.1 Å². The van der Waals surface area contributed by atoms with Crippen LogP contribution < -0.4 is 5.73 Å². The second-order valence-corrected chi connectivity index (χ2v) is 6.61. The van der Waals surface area contributed by atoms with Crippen molar-refractivity contribution in [2.75, 3.05) is 6.67 Å².